The minimum absolute atomic E-state index is 0.00839. The number of nitrogens with one attached hydrogen (secondary N) is 1. The van der Waals surface area contributed by atoms with Crippen LogP contribution in [0.15, 0.2) is 6.20 Å². The second-order valence-corrected chi connectivity index (χ2v) is 5.18. The van der Waals surface area contributed by atoms with Crippen LogP contribution in [0.2, 0.25) is 0 Å². The molecule has 0 atom stereocenters. The fraction of sp³-hybridized carbons (Fsp3) is 0.583. The van der Waals surface area contributed by atoms with Gasteiger partial charge in [0.15, 0.2) is 0 Å². The van der Waals surface area contributed by atoms with Gasteiger partial charge in [-0.2, -0.15) is 13.2 Å². The number of halogens is 3. The van der Waals surface area contributed by atoms with E-state index in [0.717, 1.165) is 22.6 Å². The summed E-state index contributed by atoms with van der Waals surface area (Å²) < 4.78 is 41.0. The number of rotatable bonds is 6. The zero-order valence-electron chi connectivity index (χ0n) is 11.1. The third-order valence-corrected chi connectivity index (χ3v) is 3.32. The van der Waals surface area contributed by atoms with Gasteiger partial charge >= 0.3 is 5.51 Å². The highest BCUT2D eigenvalue weighted by Crippen LogP contribution is 2.29. The summed E-state index contributed by atoms with van der Waals surface area (Å²) in [6, 6.07) is 0. The van der Waals surface area contributed by atoms with Crippen molar-refractivity contribution in [2.24, 2.45) is 0 Å². The summed E-state index contributed by atoms with van der Waals surface area (Å²) in [5, 5.41) is 2.95. The lowest BCUT2D eigenvalue weighted by Gasteiger charge is -2.13. The molecule has 1 heterocycles. The van der Waals surface area contributed by atoms with Crippen LogP contribution in [0.5, 0.6) is 5.75 Å². The molecule has 0 aliphatic carbocycles. The van der Waals surface area contributed by atoms with Crippen molar-refractivity contribution in [2.75, 3.05) is 19.4 Å². The molecule has 0 aliphatic heterocycles. The molecular formula is C12H17F3N2OS. The highest BCUT2D eigenvalue weighted by atomic mass is 32.2. The van der Waals surface area contributed by atoms with Crippen LogP contribution in [0.4, 0.5) is 13.2 Å². The maximum Gasteiger partial charge on any atom is 0.441 e. The largest absolute Gasteiger partial charge is 0.496 e. The molecule has 7 heteroatoms. The maximum absolute atomic E-state index is 11.9. The predicted molar refractivity (Wildman–Crippen MR) is 70.5 cm³/mol. The number of aromatic nitrogens is 1. The van der Waals surface area contributed by atoms with E-state index in [-0.39, 0.29) is 24.1 Å². The predicted octanol–water partition coefficient (Wildman–Crippen LogP) is 3.05. The number of nitrogens with zero attached hydrogens (tertiary/aromatic N) is 1. The van der Waals surface area contributed by atoms with E-state index in [4.69, 9.17) is 4.74 Å². The number of aryl methyl sites for hydroxylation is 1. The number of ether oxygens (including phenoxy) is 1. The van der Waals surface area contributed by atoms with E-state index in [1.807, 2.05) is 13.8 Å². The molecule has 0 aliphatic rings. The highest BCUT2D eigenvalue weighted by molar-refractivity contribution is 8.00. The number of methoxy groups -OCH3 is 1. The standard InChI is InChI=1S/C12H17F3N2OS/c1-8-6-17-10(9(2)11(8)18-3)7-16-4-5-19-12(13,14)15/h6,16H,4-5,7H2,1-3H3. The smallest absolute Gasteiger partial charge is 0.441 e. The first-order chi connectivity index (χ1) is 8.85. The van der Waals surface area contributed by atoms with Gasteiger partial charge in [-0.3, -0.25) is 4.98 Å². The summed E-state index contributed by atoms with van der Waals surface area (Å²) in [4.78, 5) is 4.26. The van der Waals surface area contributed by atoms with Gasteiger partial charge in [0, 0.05) is 36.2 Å². The Kier molecular flexibility index (Phi) is 5.93. The first kappa shape index (κ1) is 16.1. The molecule has 0 bridgehead atoms. The molecule has 0 amide bonds. The Labute approximate surface area is 114 Å². The quantitative estimate of drug-likeness (QED) is 0.818. The molecule has 1 aromatic heterocycles. The number of alkyl halides is 3. The fourth-order valence-electron chi connectivity index (χ4n) is 1.70. The highest BCUT2D eigenvalue weighted by Gasteiger charge is 2.27. The average Bonchev–Trinajstić information content (AvgIpc) is 2.30. The Bertz CT molecular complexity index is 424. The van der Waals surface area contributed by atoms with E-state index in [0.29, 0.717) is 6.54 Å². The van der Waals surface area contributed by atoms with Gasteiger partial charge in [-0.25, -0.2) is 0 Å². The molecule has 1 aromatic rings. The molecule has 3 nitrogen and oxygen atoms in total. The van der Waals surface area contributed by atoms with Gasteiger partial charge in [-0.15, -0.1) is 0 Å². The van der Waals surface area contributed by atoms with Gasteiger partial charge in [-0.1, -0.05) is 0 Å². The van der Waals surface area contributed by atoms with Gasteiger partial charge < -0.3 is 10.1 Å². The molecular weight excluding hydrogens is 277 g/mol. The van der Waals surface area contributed by atoms with E-state index in [9.17, 15) is 13.2 Å². The number of thioether (sulfide) groups is 1. The summed E-state index contributed by atoms with van der Waals surface area (Å²) in [6.07, 6.45) is 1.70. The summed E-state index contributed by atoms with van der Waals surface area (Å²) >= 11 is -0.0246. The molecule has 0 fully saturated rings. The van der Waals surface area contributed by atoms with Crippen molar-refractivity contribution < 1.29 is 17.9 Å². The normalized spacial score (nSPS) is 11.7. The summed E-state index contributed by atoms with van der Waals surface area (Å²) in [5.41, 5.74) is -1.52. The third-order valence-electron chi connectivity index (χ3n) is 2.59. The second-order valence-electron chi connectivity index (χ2n) is 4.02. The molecule has 0 unspecified atom stereocenters. The number of hydrogen-bond donors (Lipinski definition) is 1. The van der Waals surface area contributed by atoms with Crippen LogP contribution in [0.1, 0.15) is 16.8 Å². The van der Waals surface area contributed by atoms with Gasteiger partial charge in [0.05, 0.1) is 12.8 Å². The summed E-state index contributed by atoms with van der Waals surface area (Å²) in [6.45, 7) is 4.50. The van der Waals surface area contributed by atoms with Crippen LogP contribution >= 0.6 is 11.8 Å². The van der Waals surface area contributed by atoms with Crippen LogP contribution in [-0.4, -0.2) is 29.9 Å². The number of hydrogen-bond acceptors (Lipinski definition) is 4. The Morgan fingerprint density at radius 1 is 1.37 bits per heavy atom. The molecule has 0 aromatic carbocycles. The third kappa shape index (κ3) is 5.28. The maximum atomic E-state index is 11.9. The van der Waals surface area contributed by atoms with Gasteiger partial charge in [0.25, 0.3) is 0 Å². The summed E-state index contributed by atoms with van der Waals surface area (Å²) in [5.74, 6) is 0.766. The molecule has 0 saturated heterocycles. The topological polar surface area (TPSA) is 34.1 Å². The van der Waals surface area contributed by atoms with Crippen molar-refractivity contribution in [3.05, 3.63) is 23.0 Å². The zero-order valence-corrected chi connectivity index (χ0v) is 11.9. The van der Waals surface area contributed by atoms with Crippen LogP contribution in [-0.2, 0) is 6.54 Å². The Hall–Kier alpha value is -0.950. The minimum atomic E-state index is -4.16. The van der Waals surface area contributed by atoms with Crippen LogP contribution in [0.25, 0.3) is 0 Å². The van der Waals surface area contributed by atoms with Crippen molar-refractivity contribution in [3.63, 3.8) is 0 Å². The van der Waals surface area contributed by atoms with Crippen LogP contribution < -0.4 is 10.1 Å². The first-order valence-corrected chi connectivity index (χ1v) is 6.74. The van der Waals surface area contributed by atoms with Gasteiger partial charge in [-0.05, 0) is 25.6 Å². The van der Waals surface area contributed by atoms with Crippen molar-refractivity contribution >= 4 is 11.8 Å². The van der Waals surface area contributed by atoms with Crippen molar-refractivity contribution in [3.8, 4) is 5.75 Å². The molecule has 0 radical (unpaired) electrons. The fourth-order valence-corrected chi connectivity index (χ4v) is 2.17. The lowest BCUT2D eigenvalue weighted by atomic mass is 10.1. The minimum Gasteiger partial charge on any atom is -0.496 e. The molecule has 1 rings (SSSR count). The number of pyridine rings is 1. The molecule has 0 spiro atoms. The van der Waals surface area contributed by atoms with Gasteiger partial charge in [0.1, 0.15) is 5.75 Å². The molecule has 108 valence electrons. The first-order valence-electron chi connectivity index (χ1n) is 5.75. The Morgan fingerprint density at radius 3 is 2.63 bits per heavy atom. The van der Waals surface area contributed by atoms with E-state index in [2.05, 4.69) is 10.3 Å². The Balaban J connectivity index is 2.46. The SMILES string of the molecule is COc1c(C)cnc(CNCCSC(F)(F)F)c1C. The second kappa shape index (κ2) is 7.00. The van der Waals surface area contributed by atoms with Crippen molar-refractivity contribution in [2.45, 2.75) is 25.9 Å². The van der Waals surface area contributed by atoms with E-state index in [1.165, 1.54) is 0 Å². The van der Waals surface area contributed by atoms with E-state index >= 15 is 0 Å². The van der Waals surface area contributed by atoms with Crippen LogP contribution in [0, 0.1) is 13.8 Å². The van der Waals surface area contributed by atoms with Crippen molar-refractivity contribution in [1.82, 2.24) is 10.3 Å². The van der Waals surface area contributed by atoms with Crippen LogP contribution in [0.3, 0.4) is 0 Å². The molecule has 0 saturated carbocycles. The van der Waals surface area contributed by atoms with Crippen molar-refractivity contribution in [1.29, 1.82) is 0 Å². The summed E-state index contributed by atoms with van der Waals surface area (Å²) in [7, 11) is 1.59. The van der Waals surface area contributed by atoms with Gasteiger partial charge in [0.2, 0.25) is 0 Å². The monoisotopic (exact) mass is 294 g/mol. The van der Waals surface area contributed by atoms with E-state index < -0.39 is 5.51 Å². The van der Waals surface area contributed by atoms with E-state index in [1.54, 1.807) is 13.3 Å². The lowest BCUT2D eigenvalue weighted by molar-refractivity contribution is -0.0327. The Morgan fingerprint density at radius 2 is 2.05 bits per heavy atom. The average molecular weight is 294 g/mol. The molecule has 1 N–H and O–H groups in total. The lowest BCUT2D eigenvalue weighted by Crippen LogP contribution is -2.20. The zero-order chi connectivity index (χ0) is 14.5. The molecule has 19 heavy (non-hydrogen) atoms.